The third kappa shape index (κ3) is 11.8. The van der Waals surface area contributed by atoms with Crippen molar-refractivity contribution < 1.29 is 19.2 Å². The van der Waals surface area contributed by atoms with Crippen molar-refractivity contribution in [2.45, 2.75) is 19.8 Å². The van der Waals surface area contributed by atoms with Gasteiger partial charge in [-0.05, 0) is 12.8 Å². The van der Waals surface area contributed by atoms with Gasteiger partial charge in [-0.3, -0.25) is 24.6 Å². The van der Waals surface area contributed by atoms with Crippen LogP contribution in [0.5, 0.6) is 0 Å². The molecule has 0 radical (unpaired) electrons. The highest BCUT2D eigenvalue weighted by Gasteiger charge is 2.14. The van der Waals surface area contributed by atoms with Crippen LogP contribution in [-0.2, 0) is 19.2 Å². The lowest BCUT2D eigenvalue weighted by molar-refractivity contribution is -0.129. The summed E-state index contributed by atoms with van der Waals surface area (Å²) in [5.41, 5.74) is 9.99. The summed E-state index contributed by atoms with van der Waals surface area (Å²) in [6, 6.07) is 0. The molecule has 0 aromatic carbocycles. The number of hydrogen-bond acceptors (Lipinski definition) is 5. The fourth-order valence-electron chi connectivity index (χ4n) is 1.59. The van der Waals surface area contributed by atoms with Gasteiger partial charge in [-0.1, -0.05) is 6.92 Å². The average Bonchev–Trinajstić information content (AvgIpc) is 2.52. The molecule has 0 aromatic rings. The van der Waals surface area contributed by atoms with Crippen molar-refractivity contribution in [3.05, 3.63) is 0 Å². The van der Waals surface area contributed by atoms with Gasteiger partial charge in [0, 0.05) is 12.5 Å². The zero-order valence-electron chi connectivity index (χ0n) is 13.6. The van der Waals surface area contributed by atoms with Crippen LogP contribution in [0.1, 0.15) is 19.8 Å². The first kappa shape index (κ1) is 21.1. The van der Waals surface area contributed by atoms with Gasteiger partial charge in [0.2, 0.25) is 23.6 Å². The predicted molar refractivity (Wildman–Crippen MR) is 86.5 cm³/mol. The number of amides is 4. The molecule has 0 bridgehead atoms. The molecule has 9 N–H and O–H groups in total. The van der Waals surface area contributed by atoms with E-state index in [9.17, 15) is 19.2 Å². The van der Waals surface area contributed by atoms with E-state index in [1.54, 1.807) is 6.92 Å². The minimum Gasteiger partial charge on any atom is -0.370 e. The van der Waals surface area contributed by atoms with Crippen molar-refractivity contribution >= 4 is 29.6 Å². The summed E-state index contributed by atoms with van der Waals surface area (Å²) in [4.78, 5) is 45.0. The van der Waals surface area contributed by atoms with Crippen LogP contribution < -0.4 is 32.7 Å². The molecule has 0 fully saturated rings. The van der Waals surface area contributed by atoms with E-state index >= 15 is 0 Å². The second kappa shape index (κ2) is 11.7. The second-order valence-corrected chi connectivity index (χ2v) is 5.12. The number of guanidine groups is 1. The quantitative estimate of drug-likeness (QED) is 0.117. The predicted octanol–water partition coefficient (Wildman–Crippen LogP) is -3.28. The molecule has 0 spiro atoms. The molecular weight excluding hydrogens is 318 g/mol. The van der Waals surface area contributed by atoms with Gasteiger partial charge in [-0.25, -0.2) is 0 Å². The molecule has 4 amide bonds. The monoisotopic (exact) mass is 343 g/mol. The van der Waals surface area contributed by atoms with Crippen molar-refractivity contribution in [3.8, 4) is 0 Å². The maximum Gasteiger partial charge on any atom is 0.239 e. The van der Waals surface area contributed by atoms with Crippen LogP contribution in [-0.4, -0.2) is 55.8 Å². The zero-order chi connectivity index (χ0) is 18.5. The standard InChI is InChI=1S/C13H25N7O4/c1-8(3-2-4-17-13(15)16)12(24)20-7-11(23)19-6-10(22)18-5-9(14)21/h8H,2-7H2,1H3,(H2,14,21)(H,18,22)(H,19,23)(H,20,24)(H4,15,16,17)/t8-/m0/s1. The number of hydrogen-bond donors (Lipinski definition) is 7. The van der Waals surface area contributed by atoms with E-state index in [0.717, 1.165) is 0 Å². The summed E-state index contributed by atoms with van der Waals surface area (Å²) in [7, 11) is 0. The van der Waals surface area contributed by atoms with Crippen LogP contribution in [0.4, 0.5) is 0 Å². The van der Waals surface area contributed by atoms with Crippen molar-refractivity contribution in [1.29, 1.82) is 5.41 Å². The highest BCUT2D eigenvalue weighted by Crippen LogP contribution is 2.04. The number of carbonyl (C=O) groups excluding carboxylic acids is 4. The fourth-order valence-corrected chi connectivity index (χ4v) is 1.59. The van der Waals surface area contributed by atoms with Crippen LogP contribution in [0, 0.1) is 11.3 Å². The van der Waals surface area contributed by atoms with Gasteiger partial charge in [-0.15, -0.1) is 0 Å². The fraction of sp³-hybridized carbons (Fsp3) is 0.615. The minimum absolute atomic E-state index is 0.122. The third-order valence-corrected chi connectivity index (χ3v) is 2.91. The van der Waals surface area contributed by atoms with E-state index in [1.165, 1.54) is 0 Å². The molecule has 0 aliphatic rings. The van der Waals surface area contributed by atoms with E-state index < -0.39 is 17.7 Å². The number of carbonyl (C=O) groups is 4. The first-order chi connectivity index (χ1) is 11.2. The highest BCUT2D eigenvalue weighted by atomic mass is 16.2. The van der Waals surface area contributed by atoms with Crippen LogP contribution in [0.15, 0.2) is 0 Å². The maximum absolute atomic E-state index is 11.8. The van der Waals surface area contributed by atoms with E-state index in [2.05, 4.69) is 21.3 Å². The Balaban J connectivity index is 3.83. The second-order valence-electron chi connectivity index (χ2n) is 5.12. The van der Waals surface area contributed by atoms with Crippen molar-refractivity contribution in [2.75, 3.05) is 26.2 Å². The van der Waals surface area contributed by atoms with Crippen molar-refractivity contribution in [1.82, 2.24) is 21.3 Å². The lowest BCUT2D eigenvalue weighted by atomic mass is 10.0. The summed E-state index contributed by atoms with van der Waals surface area (Å²) in [5, 5.41) is 16.6. The Kier molecular flexibility index (Phi) is 10.3. The van der Waals surface area contributed by atoms with Crippen molar-refractivity contribution in [2.24, 2.45) is 17.4 Å². The summed E-state index contributed by atoms with van der Waals surface area (Å²) < 4.78 is 0. The molecule has 24 heavy (non-hydrogen) atoms. The lowest BCUT2D eigenvalue weighted by Crippen LogP contribution is -2.44. The molecule has 1 atom stereocenters. The first-order valence-corrected chi connectivity index (χ1v) is 7.39. The Morgan fingerprint density at radius 3 is 2.00 bits per heavy atom. The number of primary amides is 1. The molecule has 136 valence electrons. The van der Waals surface area contributed by atoms with Gasteiger partial charge in [0.1, 0.15) is 0 Å². The number of rotatable bonds is 11. The van der Waals surface area contributed by atoms with Crippen LogP contribution in [0.2, 0.25) is 0 Å². The molecule has 0 saturated carbocycles. The van der Waals surface area contributed by atoms with E-state index in [-0.39, 0.29) is 37.4 Å². The summed E-state index contributed by atoms with van der Waals surface area (Å²) in [6.45, 7) is 1.35. The summed E-state index contributed by atoms with van der Waals surface area (Å²) in [6.07, 6.45) is 1.23. The Hall–Kier alpha value is -2.85. The van der Waals surface area contributed by atoms with Gasteiger partial charge in [0.25, 0.3) is 0 Å². The maximum atomic E-state index is 11.8. The van der Waals surface area contributed by atoms with Crippen LogP contribution in [0.25, 0.3) is 0 Å². The average molecular weight is 343 g/mol. The molecule has 0 heterocycles. The molecule has 0 rings (SSSR count). The van der Waals surface area contributed by atoms with E-state index in [0.29, 0.717) is 19.4 Å². The van der Waals surface area contributed by atoms with Crippen LogP contribution in [0.3, 0.4) is 0 Å². The van der Waals surface area contributed by atoms with Gasteiger partial charge in [-0.2, -0.15) is 0 Å². The minimum atomic E-state index is -0.686. The molecule has 0 unspecified atom stereocenters. The molecule has 0 aromatic heterocycles. The van der Waals surface area contributed by atoms with E-state index in [1.807, 2.05) is 0 Å². The molecule has 11 heteroatoms. The smallest absolute Gasteiger partial charge is 0.239 e. The number of nitrogens with two attached hydrogens (primary N) is 2. The lowest BCUT2D eigenvalue weighted by Gasteiger charge is -2.12. The molecular formula is C13H25N7O4. The summed E-state index contributed by atoms with van der Waals surface area (Å²) >= 11 is 0. The summed E-state index contributed by atoms with van der Waals surface area (Å²) in [5.74, 6) is -2.47. The zero-order valence-corrected chi connectivity index (χ0v) is 13.6. The Labute approximate surface area is 139 Å². The molecule has 0 saturated heterocycles. The first-order valence-electron chi connectivity index (χ1n) is 7.39. The van der Waals surface area contributed by atoms with Crippen molar-refractivity contribution in [3.63, 3.8) is 0 Å². The van der Waals surface area contributed by atoms with Gasteiger partial charge < -0.3 is 32.7 Å². The third-order valence-electron chi connectivity index (χ3n) is 2.91. The topological polar surface area (TPSA) is 192 Å². The largest absolute Gasteiger partial charge is 0.370 e. The van der Waals surface area contributed by atoms with Gasteiger partial charge in [0.15, 0.2) is 5.96 Å². The van der Waals surface area contributed by atoms with E-state index in [4.69, 9.17) is 16.9 Å². The number of nitrogens with one attached hydrogen (secondary N) is 5. The Morgan fingerprint density at radius 2 is 1.46 bits per heavy atom. The molecule has 0 aliphatic carbocycles. The van der Waals surface area contributed by atoms with Gasteiger partial charge in [0.05, 0.1) is 19.6 Å². The Morgan fingerprint density at radius 1 is 0.917 bits per heavy atom. The molecule has 11 nitrogen and oxygen atoms in total. The molecule has 0 aliphatic heterocycles. The van der Waals surface area contributed by atoms with Gasteiger partial charge >= 0.3 is 0 Å². The Bertz CT molecular complexity index is 481. The normalized spacial score (nSPS) is 11.0. The highest BCUT2D eigenvalue weighted by molar-refractivity contribution is 5.89. The SMILES string of the molecule is C[C@@H](CCCNC(=N)N)C(=O)NCC(=O)NCC(=O)NCC(N)=O. The van der Waals surface area contributed by atoms with Crippen LogP contribution >= 0.6 is 0 Å².